The first-order valence-electron chi connectivity index (χ1n) is 14.1. The van der Waals surface area contributed by atoms with E-state index in [4.69, 9.17) is 11.6 Å². The minimum atomic E-state index is -0.759. The number of benzene rings is 3. The fraction of sp³-hybridized carbons (Fsp3) is 0.250. The second-order valence-electron chi connectivity index (χ2n) is 10.5. The number of halogens is 2. The van der Waals surface area contributed by atoms with Crippen molar-refractivity contribution in [3.8, 4) is 0 Å². The van der Waals surface area contributed by atoms with Gasteiger partial charge in [0.2, 0.25) is 17.7 Å². The smallest absolute Gasteiger partial charge is 0.308 e. The van der Waals surface area contributed by atoms with Gasteiger partial charge in [-0.15, -0.1) is 0 Å². The van der Waals surface area contributed by atoms with Crippen molar-refractivity contribution in [1.82, 2.24) is 4.57 Å². The van der Waals surface area contributed by atoms with Crippen molar-refractivity contribution < 1.29 is 14.4 Å². The zero-order chi connectivity index (χ0) is 31.1. The summed E-state index contributed by atoms with van der Waals surface area (Å²) in [4.78, 5) is 58.4. The molecule has 226 valence electrons. The third-order valence-electron chi connectivity index (χ3n) is 7.94. The molecule has 1 saturated heterocycles. The van der Waals surface area contributed by atoms with Gasteiger partial charge >= 0.3 is 4.87 Å². The average Bonchev–Trinajstić information content (AvgIpc) is 3.46. The van der Waals surface area contributed by atoms with Gasteiger partial charge < -0.3 is 10.2 Å². The minimum absolute atomic E-state index is 0.232. The number of thioether (sulfide) groups is 1. The predicted octanol–water partition coefficient (Wildman–Crippen LogP) is 6.61. The quantitative estimate of drug-likeness (QED) is 0.207. The van der Waals surface area contributed by atoms with Crippen LogP contribution < -0.4 is 20.0 Å². The molecule has 0 spiro atoms. The van der Waals surface area contributed by atoms with Gasteiger partial charge in [0, 0.05) is 44.8 Å². The van der Waals surface area contributed by atoms with Crippen molar-refractivity contribution in [3.63, 3.8) is 0 Å². The summed E-state index contributed by atoms with van der Waals surface area (Å²) in [6, 6.07) is 21.8. The van der Waals surface area contributed by atoms with E-state index in [9.17, 15) is 19.2 Å². The molecule has 3 heterocycles. The summed E-state index contributed by atoms with van der Waals surface area (Å²) in [6.07, 6.45) is 0. The number of nitrogens with zero attached hydrogens (tertiary/aromatic N) is 3. The standard InChI is InChI=1S/C32H28BrClN4O4S2/c1-3-36(4-2)22-13-5-18(6-14-22)25-26-27(30(41)38(29(26)40)23-15-7-19(33)8-16-23)43-31-28(25)44-32(42)37(31)17-24(39)35-21-11-9-20(34)10-12-21/h5-16,25-27H,3-4,17H2,1-2H3,(H,35,39). The molecular formula is C32H28BrClN4O4S2. The lowest BCUT2D eigenvalue weighted by atomic mass is 9.83. The Kier molecular flexibility index (Phi) is 8.74. The highest BCUT2D eigenvalue weighted by molar-refractivity contribution is 9.10. The molecule has 4 aromatic rings. The van der Waals surface area contributed by atoms with Gasteiger partial charge in [-0.1, -0.05) is 62.8 Å². The number of anilines is 3. The molecule has 44 heavy (non-hydrogen) atoms. The highest BCUT2D eigenvalue weighted by Crippen LogP contribution is 2.54. The largest absolute Gasteiger partial charge is 0.372 e. The number of nitrogens with one attached hydrogen (secondary N) is 1. The van der Waals surface area contributed by atoms with Crippen LogP contribution in [0.5, 0.6) is 0 Å². The maximum Gasteiger partial charge on any atom is 0.308 e. The SMILES string of the molecule is CCN(CC)c1ccc(C2c3sc(=O)n(CC(=O)Nc4ccc(Cl)cc4)c3SC3C(=O)N(c4ccc(Br)cc4)C(=O)C32)cc1. The molecule has 0 radical (unpaired) electrons. The predicted molar refractivity (Wildman–Crippen MR) is 180 cm³/mol. The van der Waals surface area contributed by atoms with E-state index in [0.29, 0.717) is 26.3 Å². The van der Waals surface area contributed by atoms with Gasteiger partial charge in [-0.25, -0.2) is 4.90 Å². The van der Waals surface area contributed by atoms with Crippen LogP contribution in [0.1, 0.15) is 30.2 Å². The molecule has 3 unspecified atom stereocenters. The van der Waals surface area contributed by atoms with E-state index in [1.54, 1.807) is 48.5 Å². The molecule has 0 saturated carbocycles. The normalized spacial score (nSPS) is 19.1. The maximum atomic E-state index is 14.1. The monoisotopic (exact) mass is 710 g/mol. The molecule has 3 aromatic carbocycles. The van der Waals surface area contributed by atoms with Crippen LogP contribution in [0.3, 0.4) is 0 Å². The number of hydrogen-bond donors (Lipinski definition) is 1. The highest BCUT2D eigenvalue weighted by Gasteiger charge is 2.56. The van der Waals surface area contributed by atoms with Crippen LogP contribution in [0.25, 0.3) is 0 Å². The van der Waals surface area contributed by atoms with Gasteiger partial charge in [0.25, 0.3) is 0 Å². The number of carbonyl (C=O) groups excluding carboxylic acids is 3. The first-order valence-corrected chi connectivity index (χ1v) is 17.0. The molecule has 1 fully saturated rings. The lowest BCUT2D eigenvalue weighted by Crippen LogP contribution is -2.33. The van der Waals surface area contributed by atoms with Gasteiger partial charge in [-0.05, 0) is 80.1 Å². The molecule has 0 bridgehead atoms. The fourth-order valence-corrected chi connectivity index (χ4v) is 8.98. The van der Waals surface area contributed by atoms with Gasteiger partial charge in [0.15, 0.2) is 0 Å². The summed E-state index contributed by atoms with van der Waals surface area (Å²) in [7, 11) is 0. The molecule has 3 amide bonds. The topological polar surface area (TPSA) is 91.7 Å². The first-order chi connectivity index (χ1) is 21.2. The van der Waals surface area contributed by atoms with Crippen molar-refractivity contribution in [2.45, 2.75) is 36.6 Å². The Hall–Kier alpha value is -3.38. The zero-order valence-corrected chi connectivity index (χ0v) is 27.8. The van der Waals surface area contributed by atoms with E-state index in [1.807, 2.05) is 24.3 Å². The Morgan fingerprint density at radius 2 is 1.59 bits per heavy atom. The van der Waals surface area contributed by atoms with Crippen molar-refractivity contribution >= 4 is 85.4 Å². The third-order valence-corrected chi connectivity index (χ3v) is 11.3. The Labute approximate surface area is 276 Å². The van der Waals surface area contributed by atoms with Crippen molar-refractivity contribution in [2.75, 3.05) is 28.2 Å². The van der Waals surface area contributed by atoms with Crippen LogP contribution >= 0.6 is 50.6 Å². The molecule has 1 N–H and O–H groups in total. The molecule has 8 nitrogen and oxygen atoms in total. The molecular weight excluding hydrogens is 684 g/mol. The summed E-state index contributed by atoms with van der Waals surface area (Å²) in [6.45, 7) is 5.65. The Morgan fingerprint density at radius 3 is 2.23 bits per heavy atom. The Bertz CT molecular complexity index is 1790. The average molecular weight is 712 g/mol. The summed E-state index contributed by atoms with van der Waals surface area (Å²) in [5.41, 5.74) is 2.94. The number of fused-ring (bicyclic) bond motifs is 2. The summed E-state index contributed by atoms with van der Waals surface area (Å²) in [5, 5.41) is 3.14. The van der Waals surface area contributed by atoms with E-state index < -0.39 is 17.1 Å². The second-order valence-corrected chi connectivity index (χ2v) is 13.9. The fourth-order valence-electron chi connectivity index (χ4n) is 5.82. The lowest BCUT2D eigenvalue weighted by molar-refractivity contribution is -0.122. The number of carbonyl (C=O) groups is 3. The number of aromatic nitrogens is 1. The van der Waals surface area contributed by atoms with Gasteiger partial charge in [-0.3, -0.25) is 23.7 Å². The van der Waals surface area contributed by atoms with E-state index in [-0.39, 0.29) is 29.1 Å². The van der Waals surface area contributed by atoms with Crippen LogP contribution in [0.15, 0.2) is 87.1 Å². The van der Waals surface area contributed by atoms with E-state index in [0.717, 1.165) is 40.1 Å². The first kappa shape index (κ1) is 30.6. The van der Waals surface area contributed by atoms with Crippen molar-refractivity contribution in [2.24, 2.45) is 5.92 Å². The summed E-state index contributed by atoms with van der Waals surface area (Å²) in [5.74, 6) is -2.26. The number of amides is 3. The number of imide groups is 1. The third kappa shape index (κ3) is 5.62. The molecule has 2 aliphatic rings. The lowest BCUT2D eigenvalue weighted by Gasteiger charge is -2.31. The van der Waals surface area contributed by atoms with Gasteiger partial charge in [0.1, 0.15) is 11.8 Å². The van der Waals surface area contributed by atoms with Crippen LogP contribution in [0.4, 0.5) is 17.1 Å². The molecule has 2 aliphatic heterocycles. The van der Waals surface area contributed by atoms with Crippen LogP contribution in [0.2, 0.25) is 5.02 Å². The number of thiazole rings is 1. The van der Waals surface area contributed by atoms with Gasteiger partial charge in [0.05, 0.1) is 16.6 Å². The molecule has 1 aromatic heterocycles. The maximum absolute atomic E-state index is 14.1. The Morgan fingerprint density at radius 1 is 0.932 bits per heavy atom. The zero-order valence-electron chi connectivity index (χ0n) is 23.8. The number of rotatable bonds is 8. The number of hydrogen-bond acceptors (Lipinski definition) is 7. The molecule has 3 atom stereocenters. The van der Waals surface area contributed by atoms with Gasteiger partial charge in [-0.2, -0.15) is 0 Å². The minimum Gasteiger partial charge on any atom is -0.372 e. The summed E-state index contributed by atoms with van der Waals surface area (Å²) < 4.78 is 2.25. The van der Waals surface area contributed by atoms with E-state index in [1.165, 1.54) is 21.2 Å². The molecule has 6 rings (SSSR count). The van der Waals surface area contributed by atoms with Crippen molar-refractivity contribution in [3.05, 3.63) is 102 Å². The second kappa shape index (κ2) is 12.5. The summed E-state index contributed by atoms with van der Waals surface area (Å²) >= 11 is 11.6. The van der Waals surface area contributed by atoms with Crippen LogP contribution in [0, 0.1) is 5.92 Å². The molecule has 12 heteroatoms. The highest BCUT2D eigenvalue weighted by atomic mass is 79.9. The van der Waals surface area contributed by atoms with E-state index in [2.05, 4.69) is 40.0 Å². The van der Waals surface area contributed by atoms with Crippen molar-refractivity contribution in [1.29, 1.82) is 0 Å². The Balaban J connectivity index is 1.41. The molecule has 0 aliphatic carbocycles. The van der Waals surface area contributed by atoms with Crippen LogP contribution in [-0.4, -0.2) is 40.6 Å². The van der Waals surface area contributed by atoms with Crippen LogP contribution in [-0.2, 0) is 20.9 Å². The van der Waals surface area contributed by atoms with E-state index >= 15 is 0 Å².